The Hall–Kier alpha value is -1.84. The third-order valence-corrected chi connectivity index (χ3v) is 4.58. The van der Waals surface area contributed by atoms with Gasteiger partial charge in [-0.1, -0.05) is 11.8 Å². The number of hydrogen-bond acceptors (Lipinski definition) is 4. The van der Waals surface area contributed by atoms with Gasteiger partial charge in [0.05, 0.1) is 12.0 Å². The first-order chi connectivity index (χ1) is 9.98. The number of aliphatic hydroxyl groups excluding tert-OH is 1. The number of carbonyl (C=O) groups is 2. The average Bonchev–Trinajstić information content (AvgIpc) is 3.06. The van der Waals surface area contributed by atoms with E-state index in [0.29, 0.717) is 36.4 Å². The third kappa shape index (κ3) is 3.26. The van der Waals surface area contributed by atoms with E-state index >= 15 is 0 Å². The molecule has 0 bridgehead atoms. The standard InChI is InChI=1S/C15H18N2O3S/c1-15(14(16)20)6-7-17(10-15)13(19)12-11(5-9-21-12)4-2-3-8-18/h5,9,18H,3,6-8,10H2,1H3,(H2,16,20). The van der Waals surface area contributed by atoms with Gasteiger partial charge >= 0.3 is 0 Å². The van der Waals surface area contributed by atoms with Crippen LogP contribution in [-0.2, 0) is 4.79 Å². The molecule has 6 heteroatoms. The van der Waals surface area contributed by atoms with Crippen molar-refractivity contribution in [3.63, 3.8) is 0 Å². The van der Waals surface area contributed by atoms with Crippen LogP contribution < -0.4 is 5.73 Å². The Morgan fingerprint density at radius 2 is 2.33 bits per heavy atom. The Morgan fingerprint density at radius 3 is 2.95 bits per heavy atom. The maximum absolute atomic E-state index is 12.5. The number of likely N-dealkylation sites (tertiary alicyclic amines) is 1. The van der Waals surface area contributed by atoms with Gasteiger partial charge in [0.2, 0.25) is 5.91 Å². The highest BCUT2D eigenvalue weighted by Gasteiger charge is 2.41. The molecule has 0 aromatic carbocycles. The minimum atomic E-state index is -0.643. The van der Waals surface area contributed by atoms with Crippen LogP contribution in [0.1, 0.15) is 35.0 Å². The first kappa shape index (κ1) is 15.5. The molecule has 1 fully saturated rings. The zero-order chi connectivity index (χ0) is 15.5. The molecule has 112 valence electrons. The molecule has 1 atom stereocenters. The minimum Gasteiger partial charge on any atom is -0.395 e. The second kappa shape index (κ2) is 6.29. The second-order valence-corrected chi connectivity index (χ2v) is 6.26. The maximum atomic E-state index is 12.5. The molecule has 0 radical (unpaired) electrons. The van der Waals surface area contributed by atoms with E-state index in [1.165, 1.54) is 11.3 Å². The van der Waals surface area contributed by atoms with Gasteiger partial charge in [-0.05, 0) is 24.8 Å². The van der Waals surface area contributed by atoms with Crippen molar-refractivity contribution in [3.8, 4) is 11.8 Å². The van der Waals surface area contributed by atoms with Gasteiger partial charge in [0.25, 0.3) is 5.91 Å². The molecule has 3 N–H and O–H groups in total. The van der Waals surface area contributed by atoms with Crippen LogP contribution in [0.15, 0.2) is 11.4 Å². The molecule has 21 heavy (non-hydrogen) atoms. The highest BCUT2D eigenvalue weighted by atomic mass is 32.1. The van der Waals surface area contributed by atoms with E-state index < -0.39 is 5.41 Å². The molecule has 0 saturated carbocycles. The third-order valence-electron chi connectivity index (χ3n) is 3.67. The zero-order valence-corrected chi connectivity index (χ0v) is 12.7. The Morgan fingerprint density at radius 1 is 1.57 bits per heavy atom. The van der Waals surface area contributed by atoms with Crippen LogP contribution in [0.4, 0.5) is 0 Å². The molecule has 2 heterocycles. The molecular weight excluding hydrogens is 288 g/mol. The lowest BCUT2D eigenvalue weighted by molar-refractivity contribution is -0.126. The van der Waals surface area contributed by atoms with Gasteiger partial charge in [0.15, 0.2) is 0 Å². The molecule has 1 aliphatic rings. The number of amides is 2. The predicted octanol–water partition coefficient (Wildman–Crippen LogP) is 0.819. The first-order valence-corrected chi connectivity index (χ1v) is 7.62. The summed E-state index contributed by atoms with van der Waals surface area (Å²) < 4.78 is 0. The zero-order valence-electron chi connectivity index (χ0n) is 11.9. The summed E-state index contributed by atoms with van der Waals surface area (Å²) in [6.07, 6.45) is 0.970. The van der Waals surface area contributed by atoms with Crippen molar-refractivity contribution in [2.75, 3.05) is 19.7 Å². The van der Waals surface area contributed by atoms with Gasteiger partial charge in [-0.15, -0.1) is 11.3 Å². The summed E-state index contributed by atoms with van der Waals surface area (Å²) >= 11 is 1.34. The van der Waals surface area contributed by atoms with Crippen LogP contribution in [0.2, 0.25) is 0 Å². The van der Waals surface area contributed by atoms with Gasteiger partial charge in [0, 0.05) is 25.1 Å². The number of primary amides is 1. The first-order valence-electron chi connectivity index (χ1n) is 6.74. The van der Waals surface area contributed by atoms with E-state index in [1.54, 1.807) is 17.9 Å². The number of thiophene rings is 1. The van der Waals surface area contributed by atoms with Crippen molar-refractivity contribution in [3.05, 3.63) is 21.9 Å². The Bertz CT molecular complexity index is 614. The fourth-order valence-corrected chi connectivity index (χ4v) is 3.08. The van der Waals surface area contributed by atoms with E-state index in [-0.39, 0.29) is 18.4 Å². The number of rotatable bonds is 3. The van der Waals surface area contributed by atoms with Gasteiger partial charge < -0.3 is 15.7 Å². The highest BCUT2D eigenvalue weighted by Crippen LogP contribution is 2.31. The average molecular weight is 306 g/mol. The monoisotopic (exact) mass is 306 g/mol. The van der Waals surface area contributed by atoms with Crippen LogP contribution in [0, 0.1) is 17.3 Å². The Kier molecular flexibility index (Phi) is 4.66. The fourth-order valence-electron chi connectivity index (χ4n) is 2.27. The lowest BCUT2D eigenvalue weighted by atomic mass is 9.89. The maximum Gasteiger partial charge on any atom is 0.265 e. The molecule has 2 rings (SSSR count). The van der Waals surface area contributed by atoms with Crippen LogP contribution in [0.5, 0.6) is 0 Å². The molecule has 2 amide bonds. The summed E-state index contributed by atoms with van der Waals surface area (Å²) in [5.74, 6) is 5.25. The van der Waals surface area contributed by atoms with E-state index in [0.717, 1.165) is 0 Å². The molecule has 1 saturated heterocycles. The van der Waals surface area contributed by atoms with Crippen LogP contribution in [0.25, 0.3) is 0 Å². The predicted molar refractivity (Wildman–Crippen MR) is 80.7 cm³/mol. The second-order valence-electron chi connectivity index (χ2n) is 5.34. The van der Waals surface area contributed by atoms with Gasteiger partial charge in [0.1, 0.15) is 4.88 Å². The molecule has 0 spiro atoms. The smallest absolute Gasteiger partial charge is 0.265 e. The number of nitrogens with two attached hydrogens (primary N) is 1. The van der Waals surface area contributed by atoms with E-state index in [2.05, 4.69) is 11.8 Å². The Balaban J connectivity index is 2.14. The van der Waals surface area contributed by atoms with E-state index in [9.17, 15) is 9.59 Å². The highest BCUT2D eigenvalue weighted by molar-refractivity contribution is 7.12. The van der Waals surface area contributed by atoms with Crippen LogP contribution in [-0.4, -0.2) is 41.5 Å². The molecule has 1 aromatic rings. The van der Waals surface area contributed by atoms with Gasteiger partial charge in [-0.3, -0.25) is 9.59 Å². The molecule has 5 nitrogen and oxygen atoms in total. The molecule has 1 aromatic heterocycles. The summed E-state index contributed by atoms with van der Waals surface area (Å²) in [5.41, 5.74) is 5.43. The summed E-state index contributed by atoms with van der Waals surface area (Å²) in [7, 11) is 0. The Labute approximate surface area is 127 Å². The van der Waals surface area contributed by atoms with E-state index in [1.807, 2.05) is 5.38 Å². The van der Waals surface area contributed by atoms with E-state index in [4.69, 9.17) is 10.8 Å². The summed E-state index contributed by atoms with van der Waals surface area (Å²) in [6, 6.07) is 1.80. The number of hydrogen-bond donors (Lipinski definition) is 2. The number of nitrogens with zero attached hydrogens (tertiary/aromatic N) is 1. The summed E-state index contributed by atoms with van der Waals surface area (Å²) in [6.45, 7) is 2.67. The molecular formula is C15H18N2O3S. The number of carbonyl (C=O) groups excluding carboxylic acids is 2. The lowest BCUT2D eigenvalue weighted by Crippen LogP contribution is -2.38. The quantitative estimate of drug-likeness (QED) is 0.811. The fraction of sp³-hybridized carbons (Fsp3) is 0.467. The van der Waals surface area contributed by atoms with Gasteiger partial charge in [-0.25, -0.2) is 0 Å². The molecule has 0 aliphatic carbocycles. The normalized spacial score (nSPS) is 21.0. The van der Waals surface area contributed by atoms with Crippen LogP contribution in [0.3, 0.4) is 0 Å². The van der Waals surface area contributed by atoms with Crippen LogP contribution >= 0.6 is 11.3 Å². The summed E-state index contributed by atoms with van der Waals surface area (Å²) in [4.78, 5) is 26.2. The van der Waals surface area contributed by atoms with Crippen molar-refractivity contribution < 1.29 is 14.7 Å². The van der Waals surface area contributed by atoms with Crippen molar-refractivity contribution in [2.24, 2.45) is 11.1 Å². The minimum absolute atomic E-state index is 0.00348. The van der Waals surface area contributed by atoms with Crippen molar-refractivity contribution in [1.82, 2.24) is 4.90 Å². The van der Waals surface area contributed by atoms with Crippen molar-refractivity contribution in [1.29, 1.82) is 0 Å². The molecule has 1 aliphatic heterocycles. The van der Waals surface area contributed by atoms with Crippen molar-refractivity contribution in [2.45, 2.75) is 19.8 Å². The largest absolute Gasteiger partial charge is 0.395 e. The summed E-state index contributed by atoms with van der Waals surface area (Å²) in [5, 5.41) is 10.6. The SMILES string of the molecule is CC1(C(N)=O)CCN(C(=O)c2sccc2C#CCCO)C1. The lowest BCUT2D eigenvalue weighted by Gasteiger charge is -2.20. The van der Waals surface area contributed by atoms with Crippen molar-refractivity contribution >= 4 is 23.2 Å². The molecule has 1 unspecified atom stereocenters. The van der Waals surface area contributed by atoms with Gasteiger partial charge in [-0.2, -0.15) is 0 Å². The number of aliphatic hydroxyl groups is 1. The topological polar surface area (TPSA) is 83.6 Å².